The van der Waals surface area contributed by atoms with Crippen LogP contribution in [0, 0.1) is 11.3 Å². The third kappa shape index (κ3) is 2.31. The first-order chi connectivity index (χ1) is 10.0. The predicted octanol–water partition coefficient (Wildman–Crippen LogP) is 1.22. The largest absolute Gasteiger partial charge is 0.392 e. The van der Waals surface area contributed by atoms with E-state index in [0.717, 1.165) is 37.2 Å². The zero-order valence-corrected chi connectivity index (χ0v) is 12.1. The van der Waals surface area contributed by atoms with E-state index >= 15 is 0 Å². The van der Waals surface area contributed by atoms with E-state index < -0.39 is 5.41 Å². The number of nitrogens with zero attached hydrogens (tertiary/aromatic N) is 2. The minimum absolute atomic E-state index is 0.0456. The monoisotopic (exact) mass is 285 g/mol. The number of hydrogen-bond donors (Lipinski definition) is 2. The minimum Gasteiger partial charge on any atom is -0.392 e. The van der Waals surface area contributed by atoms with Crippen molar-refractivity contribution in [1.82, 2.24) is 4.90 Å². The Balaban J connectivity index is 1.87. The zero-order chi connectivity index (χ0) is 15.0. The van der Waals surface area contributed by atoms with Gasteiger partial charge in [-0.2, -0.15) is 5.26 Å². The third-order valence-corrected chi connectivity index (χ3v) is 4.58. The van der Waals surface area contributed by atoms with Gasteiger partial charge in [0, 0.05) is 12.2 Å². The second-order valence-corrected chi connectivity index (χ2v) is 6.06. The summed E-state index contributed by atoms with van der Waals surface area (Å²) in [6.45, 7) is 3.99. The third-order valence-electron chi connectivity index (χ3n) is 4.58. The second kappa shape index (κ2) is 5.14. The summed E-state index contributed by atoms with van der Waals surface area (Å²) < 4.78 is 0. The molecule has 1 spiro atoms. The number of amides is 1. The molecular weight excluding hydrogens is 266 g/mol. The Morgan fingerprint density at radius 3 is 2.81 bits per heavy atom. The van der Waals surface area contributed by atoms with Gasteiger partial charge in [0.25, 0.3) is 0 Å². The van der Waals surface area contributed by atoms with Crippen molar-refractivity contribution >= 4 is 11.6 Å². The van der Waals surface area contributed by atoms with Crippen molar-refractivity contribution < 1.29 is 9.90 Å². The van der Waals surface area contributed by atoms with Crippen LogP contribution in [-0.4, -0.2) is 41.7 Å². The van der Waals surface area contributed by atoms with Crippen LogP contribution < -0.4 is 5.32 Å². The Kier molecular flexibility index (Phi) is 3.44. The number of rotatable bonds is 2. The summed E-state index contributed by atoms with van der Waals surface area (Å²) in [5.41, 5.74) is 1.89. The molecule has 5 heteroatoms. The molecule has 1 fully saturated rings. The highest BCUT2D eigenvalue weighted by molar-refractivity contribution is 6.06. The van der Waals surface area contributed by atoms with Crippen molar-refractivity contribution in [3.63, 3.8) is 0 Å². The molecule has 1 unspecified atom stereocenters. The van der Waals surface area contributed by atoms with Crippen LogP contribution in [0.25, 0.3) is 0 Å². The standard InChI is InChI=1S/C16H19N3O2/c1-11(20)10-19-6-4-16(5-7-19)13-8-12(9-17)2-3-14(13)18-15(16)21/h2-3,8,11,20H,4-7,10H2,1H3,(H,18,21). The lowest BCUT2D eigenvalue weighted by molar-refractivity contribution is -0.122. The van der Waals surface area contributed by atoms with Crippen LogP contribution in [0.5, 0.6) is 0 Å². The van der Waals surface area contributed by atoms with E-state index in [1.807, 2.05) is 12.1 Å². The van der Waals surface area contributed by atoms with Gasteiger partial charge < -0.3 is 15.3 Å². The molecule has 1 aromatic rings. The fraction of sp³-hybridized carbons (Fsp3) is 0.500. The lowest BCUT2D eigenvalue weighted by Gasteiger charge is -2.38. The Labute approximate surface area is 124 Å². The number of piperidine rings is 1. The molecule has 0 bridgehead atoms. The molecule has 5 nitrogen and oxygen atoms in total. The number of aliphatic hydroxyl groups is 1. The first kappa shape index (κ1) is 14.1. The molecule has 0 saturated carbocycles. The van der Waals surface area contributed by atoms with Crippen LogP contribution in [-0.2, 0) is 10.2 Å². The topological polar surface area (TPSA) is 76.4 Å². The predicted molar refractivity (Wildman–Crippen MR) is 78.8 cm³/mol. The van der Waals surface area contributed by atoms with Crippen LogP contribution in [0.3, 0.4) is 0 Å². The van der Waals surface area contributed by atoms with Gasteiger partial charge in [-0.1, -0.05) is 0 Å². The zero-order valence-electron chi connectivity index (χ0n) is 12.1. The van der Waals surface area contributed by atoms with Gasteiger partial charge in [0.2, 0.25) is 5.91 Å². The van der Waals surface area contributed by atoms with Gasteiger partial charge in [0.15, 0.2) is 0 Å². The smallest absolute Gasteiger partial charge is 0.235 e. The number of fused-ring (bicyclic) bond motifs is 2. The average molecular weight is 285 g/mol. The quantitative estimate of drug-likeness (QED) is 0.856. The maximum atomic E-state index is 12.5. The fourth-order valence-corrected chi connectivity index (χ4v) is 3.47. The summed E-state index contributed by atoms with van der Waals surface area (Å²) in [7, 11) is 0. The molecule has 0 radical (unpaired) electrons. The van der Waals surface area contributed by atoms with E-state index in [2.05, 4.69) is 16.3 Å². The van der Waals surface area contributed by atoms with Crippen molar-refractivity contribution in [2.24, 2.45) is 0 Å². The minimum atomic E-state index is -0.503. The van der Waals surface area contributed by atoms with Gasteiger partial charge in [-0.15, -0.1) is 0 Å². The number of carbonyl (C=O) groups excluding carboxylic acids is 1. The number of anilines is 1. The van der Waals surface area contributed by atoms with Crippen molar-refractivity contribution in [3.05, 3.63) is 29.3 Å². The maximum absolute atomic E-state index is 12.5. The number of nitrogens with one attached hydrogen (secondary N) is 1. The molecule has 2 N–H and O–H groups in total. The van der Waals surface area contributed by atoms with Crippen molar-refractivity contribution in [1.29, 1.82) is 5.26 Å². The van der Waals surface area contributed by atoms with E-state index in [9.17, 15) is 9.90 Å². The van der Waals surface area contributed by atoms with Crippen LogP contribution in [0.15, 0.2) is 18.2 Å². The van der Waals surface area contributed by atoms with Gasteiger partial charge in [0.1, 0.15) is 0 Å². The highest BCUT2D eigenvalue weighted by atomic mass is 16.3. The van der Waals surface area contributed by atoms with Gasteiger partial charge in [0.05, 0.1) is 23.2 Å². The highest BCUT2D eigenvalue weighted by Gasteiger charge is 2.48. The molecule has 1 aromatic carbocycles. The number of hydrogen-bond acceptors (Lipinski definition) is 4. The van der Waals surface area contributed by atoms with Crippen molar-refractivity contribution in [3.8, 4) is 6.07 Å². The van der Waals surface area contributed by atoms with Gasteiger partial charge >= 0.3 is 0 Å². The van der Waals surface area contributed by atoms with Crippen molar-refractivity contribution in [2.45, 2.75) is 31.3 Å². The van der Waals surface area contributed by atoms with Crippen LogP contribution in [0.2, 0.25) is 0 Å². The van der Waals surface area contributed by atoms with E-state index in [1.165, 1.54) is 0 Å². The number of nitriles is 1. The van der Waals surface area contributed by atoms with Gasteiger partial charge in [-0.25, -0.2) is 0 Å². The average Bonchev–Trinajstić information content (AvgIpc) is 2.73. The van der Waals surface area contributed by atoms with Gasteiger partial charge in [-0.3, -0.25) is 4.79 Å². The maximum Gasteiger partial charge on any atom is 0.235 e. The molecule has 110 valence electrons. The number of benzene rings is 1. The number of β-amino-alcohol motifs (C(OH)–C–C–N with tert-alkyl or cyclic N) is 1. The van der Waals surface area contributed by atoms with Crippen LogP contribution in [0.1, 0.15) is 30.9 Å². The summed E-state index contributed by atoms with van der Waals surface area (Å²) in [6.07, 6.45) is 1.11. The van der Waals surface area contributed by atoms with Crippen molar-refractivity contribution in [2.75, 3.05) is 25.0 Å². The summed E-state index contributed by atoms with van der Waals surface area (Å²) in [6, 6.07) is 7.55. The molecule has 1 atom stereocenters. The Morgan fingerprint density at radius 2 is 2.19 bits per heavy atom. The molecule has 1 amide bonds. The van der Waals surface area contributed by atoms with E-state index in [4.69, 9.17) is 5.26 Å². The molecule has 2 heterocycles. The molecule has 2 aliphatic rings. The summed E-state index contributed by atoms with van der Waals surface area (Å²) in [5, 5.41) is 21.5. The number of aliphatic hydroxyl groups excluding tert-OH is 1. The van der Waals surface area contributed by atoms with Crippen LogP contribution in [0.4, 0.5) is 5.69 Å². The second-order valence-electron chi connectivity index (χ2n) is 6.06. The molecule has 2 aliphatic heterocycles. The Hall–Kier alpha value is -1.90. The Morgan fingerprint density at radius 1 is 1.48 bits per heavy atom. The lowest BCUT2D eigenvalue weighted by Crippen LogP contribution is -2.47. The number of likely N-dealkylation sites (tertiary alicyclic amines) is 1. The molecule has 3 rings (SSSR count). The van der Waals surface area contributed by atoms with E-state index in [1.54, 1.807) is 13.0 Å². The molecular formula is C16H19N3O2. The first-order valence-electron chi connectivity index (χ1n) is 7.32. The lowest BCUT2D eigenvalue weighted by atomic mass is 9.73. The van der Waals surface area contributed by atoms with E-state index in [-0.39, 0.29) is 12.0 Å². The first-order valence-corrected chi connectivity index (χ1v) is 7.32. The van der Waals surface area contributed by atoms with E-state index in [0.29, 0.717) is 12.1 Å². The molecule has 0 aliphatic carbocycles. The fourth-order valence-electron chi connectivity index (χ4n) is 3.47. The van der Waals surface area contributed by atoms with Gasteiger partial charge in [-0.05, 0) is 56.6 Å². The SMILES string of the molecule is CC(O)CN1CCC2(CC1)C(=O)Nc1ccc(C#N)cc12. The highest BCUT2D eigenvalue weighted by Crippen LogP contribution is 2.45. The summed E-state index contributed by atoms with van der Waals surface area (Å²) in [5.74, 6) is 0.0456. The Bertz CT molecular complexity index is 610. The molecule has 1 saturated heterocycles. The number of carbonyl (C=O) groups is 1. The van der Waals surface area contributed by atoms with Crippen LogP contribution >= 0.6 is 0 Å². The summed E-state index contributed by atoms with van der Waals surface area (Å²) in [4.78, 5) is 14.7. The summed E-state index contributed by atoms with van der Waals surface area (Å²) >= 11 is 0. The normalized spacial score (nSPS) is 21.7. The molecule has 0 aromatic heterocycles. The molecule has 21 heavy (non-hydrogen) atoms.